The van der Waals surface area contributed by atoms with Gasteiger partial charge in [-0.25, -0.2) is 8.78 Å². The molecule has 4 nitrogen and oxygen atoms in total. The Morgan fingerprint density at radius 3 is 2.47 bits per heavy atom. The number of amides is 1. The third-order valence-corrected chi connectivity index (χ3v) is 2.78. The van der Waals surface area contributed by atoms with Crippen LogP contribution < -0.4 is 0 Å². The van der Waals surface area contributed by atoms with Gasteiger partial charge in [0.2, 0.25) is 0 Å². The Kier molecular flexibility index (Phi) is 5.23. The van der Waals surface area contributed by atoms with E-state index in [1.807, 2.05) is 0 Å². The van der Waals surface area contributed by atoms with Gasteiger partial charge in [-0.15, -0.1) is 0 Å². The predicted molar refractivity (Wildman–Crippen MR) is 65.2 cm³/mol. The summed E-state index contributed by atoms with van der Waals surface area (Å²) in [6.07, 6.45) is 0.183. The van der Waals surface area contributed by atoms with Gasteiger partial charge in [0.1, 0.15) is 0 Å². The molecule has 1 N–H and O–H groups in total. The number of hydrogen-bond donors (Lipinski definition) is 1. The van der Waals surface area contributed by atoms with Crippen molar-refractivity contribution in [2.45, 2.75) is 12.8 Å². The normalized spacial score (nSPS) is 10.3. The highest BCUT2D eigenvalue weighted by atomic mass is 35.5. The van der Waals surface area contributed by atoms with Crippen molar-refractivity contribution in [3.8, 4) is 0 Å². The van der Waals surface area contributed by atoms with Crippen LogP contribution in [0, 0.1) is 11.6 Å². The molecule has 0 fully saturated rings. The van der Waals surface area contributed by atoms with E-state index in [0.29, 0.717) is 0 Å². The van der Waals surface area contributed by atoms with Crippen molar-refractivity contribution >= 4 is 23.5 Å². The molecule has 0 saturated heterocycles. The fraction of sp³-hybridized carbons (Fsp3) is 0.333. The summed E-state index contributed by atoms with van der Waals surface area (Å²) in [6.45, 7) is 0.181. The molecule has 0 spiro atoms. The smallest absolute Gasteiger partial charge is 0.303 e. The average molecular weight is 292 g/mol. The lowest BCUT2D eigenvalue weighted by atomic mass is 10.2. The van der Waals surface area contributed by atoms with Crippen LogP contribution in [0.4, 0.5) is 8.78 Å². The first-order chi connectivity index (χ1) is 8.82. The van der Waals surface area contributed by atoms with E-state index in [0.717, 1.165) is 12.1 Å². The van der Waals surface area contributed by atoms with Crippen LogP contribution in [0.1, 0.15) is 23.2 Å². The van der Waals surface area contributed by atoms with Crippen LogP contribution >= 0.6 is 11.6 Å². The number of hydrogen-bond acceptors (Lipinski definition) is 2. The van der Waals surface area contributed by atoms with Gasteiger partial charge in [-0.2, -0.15) is 0 Å². The number of carboxylic acid groups (broad SMARTS) is 1. The number of rotatable bonds is 5. The molecule has 0 aliphatic heterocycles. The fourth-order valence-corrected chi connectivity index (χ4v) is 1.69. The molecular weight excluding hydrogens is 280 g/mol. The molecule has 104 valence electrons. The van der Waals surface area contributed by atoms with Crippen LogP contribution in [0.25, 0.3) is 0 Å². The highest BCUT2D eigenvalue weighted by Crippen LogP contribution is 2.21. The summed E-state index contributed by atoms with van der Waals surface area (Å²) in [7, 11) is 1.43. The molecule has 0 bridgehead atoms. The van der Waals surface area contributed by atoms with Crippen LogP contribution in [0.2, 0.25) is 5.02 Å². The van der Waals surface area contributed by atoms with Gasteiger partial charge in [-0.05, 0) is 18.6 Å². The fourth-order valence-electron chi connectivity index (χ4n) is 1.46. The second kappa shape index (κ2) is 6.47. The van der Waals surface area contributed by atoms with Crippen molar-refractivity contribution in [3.05, 3.63) is 34.4 Å². The Balaban J connectivity index is 2.77. The first kappa shape index (κ1) is 15.4. The lowest BCUT2D eigenvalue weighted by molar-refractivity contribution is -0.137. The van der Waals surface area contributed by atoms with E-state index in [1.165, 1.54) is 11.9 Å². The van der Waals surface area contributed by atoms with E-state index in [2.05, 4.69) is 0 Å². The van der Waals surface area contributed by atoms with Gasteiger partial charge in [0.15, 0.2) is 11.6 Å². The van der Waals surface area contributed by atoms with E-state index < -0.39 is 23.5 Å². The van der Waals surface area contributed by atoms with Gasteiger partial charge in [0.25, 0.3) is 5.91 Å². The molecule has 0 heterocycles. The number of carbonyl (C=O) groups is 2. The third-order valence-electron chi connectivity index (χ3n) is 2.47. The number of carboxylic acids is 1. The van der Waals surface area contributed by atoms with Crippen molar-refractivity contribution in [1.82, 2.24) is 4.90 Å². The SMILES string of the molecule is CN(CCCC(=O)O)C(=O)c1cc(F)c(F)cc1Cl. The van der Waals surface area contributed by atoms with Gasteiger partial charge >= 0.3 is 5.97 Å². The standard InChI is InChI=1S/C12H12ClF2NO3/c1-16(4-2-3-11(17)18)12(19)7-5-9(14)10(15)6-8(7)13/h5-6H,2-4H2,1H3,(H,17,18). The molecular formula is C12H12ClF2NO3. The first-order valence-corrected chi connectivity index (χ1v) is 5.82. The Bertz CT molecular complexity index is 508. The lowest BCUT2D eigenvalue weighted by Crippen LogP contribution is -2.28. The Hall–Kier alpha value is -1.69. The Labute approximate surface area is 113 Å². The summed E-state index contributed by atoms with van der Waals surface area (Å²) in [4.78, 5) is 23.5. The van der Waals surface area contributed by atoms with Crippen LogP contribution in [0.15, 0.2) is 12.1 Å². The van der Waals surface area contributed by atoms with Gasteiger partial charge < -0.3 is 10.0 Å². The summed E-state index contributed by atoms with van der Waals surface area (Å²) in [5.41, 5.74) is -0.154. The maximum absolute atomic E-state index is 13.1. The van der Waals surface area contributed by atoms with Gasteiger partial charge in [0.05, 0.1) is 10.6 Å². The van der Waals surface area contributed by atoms with Crippen LogP contribution in [0.3, 0.4) is 0 Å². The van der Waals surface area contributed by atoms with Gasteiger partial charge in [-0.1, -0.05) is 11.6 Å². The maximum Gasteiger partial charge on any atom is 0.303 e. The highest BCUT2D eigenvalue weighted by molar-refractivity contribution is 6.33. The van der Waals surface area contributed by atoms with E-state index in [4.69, 9.17) is 16.7 Å². The molecule has 1 aromatic carbocycles. The minimum Gasteiger partial charge on any atom is -0.481 e. The van der Waals surface area contributed by atoms with Crippen molar-refractivity contribution < 1.29 is 23.5 Å². The van der Waals surface area contributed by atoms with Crippen molar-refractivity contribution in [2.75, 3.05) is 13.6 Å². The summed E-state index contributed by atoms with van der Waals surface area (Å²) >= 11 is 5.68. The summed E-state index contributed by atoms with van der Waals surface area (Å²) in [6, 6.07) is 1.46. The molecule has 0 unspecified atom stereocenters. The Morgan fingerprint density at radius 1 is 1.32 bits per heavy atom. The Morgan fingerprint density at radius 2 is 1.89 bits per heavy atom. The zero-order valence-corrected chi connectivity index (χ0v) is 10.9. The summed E-state index contributed by atoms with van der Waals surface area (Å²) < 4.78 is 25.9. The molecule has 0 aromatic heterocycles. The summed E-state index contributed by atoms with van der Waals surface area (Å²) in [5, 5.41) is 8.29. The quantitative estimate of drug-likeness (QED) is 0.848. The average Bonchev–Trinajstić information content (AvgIpc) is 2.32. The van der Waals surface area contributed by atoms with Crippen molar-refractivity contribution in [1.29, 1.82) is 0 Å². The number of aliphatic carboxylic acids is 1. The first-order valence-electron chi connectivity index (χ1n) is 5.44. The van der Waals surface area contributed by atoms with E-state index in [-0.39, 0.29) is 30.0 Å². The van der Waals surface area contributed by atoms with Crippen LogP contribution in [-0.2, 0) is 4.79 Å². The third kappa shape index (κ3) is 4.17. The zero-order chi connectivity index (χ0) is 14.6. The van der Waals surface area contributed by atoms with E-state index in [1.54, 1.807) is 0 Å². The van der Waals surface area contributed by atoms with E-state index >= 15 is 0 Å². The largest absolute Gasteiger partial charge is 0.481 e. The molecule has 7 heteroatoms. The monoisotopic (exact) mass is 291 g/mol. The number of nitrogens with zero attached hydrogens (tertiary/aromatic N) is 1. The summed E-state index contributed by atoms with van der Waals surface area (Å²) in [5.74, 6) is -3.84. The molecule has 19 heavy (non-hydrogen) atoms. The van der Waals surface area contributed by atoms with E-state index in [9.17, 15) is 18.4 Å². The minimum absolute atomic E-state index is 0.0802. The lowest BCUT2D eigenvalue weighted by Gasteiger charge is -2.17. The minimum atomic E-state index is -1.16. The number of halogens is 3. The number of carbonyl (C=O) groups excluding carboxylic acids is 1. The van der Waals surface area contributed by atoms with Gasteiger partial charge in [-0.3, -0.25) is 9.59 Å². The topological polar surface area (TPSA) is 57.6 Å². The molecule has 1 rings (SSSR count). The second-order valence-electron chi connectivity index (χ2n) is 3.97. The second-order valence-corrected chi connectivity index (χ2v) is 4.38. The van der Waals surface area contributed by atoms with Crippen LogP contribution in [-0.4, -0.2) is 35.5 Å². The maximum atomic E-state index is 13.1. The van der Waals surface area contributed by atoms with Crippen LogP contribution in [0.5, 0.6) is 0 Å². The highest BCUT2D eigenvalue weighted by Gasteiger charge is 2.18. The predicted octanol–water partition coefficient (Wildman–Crippen LogP) is 2.56. The van der Waals surface area contributed by atoms with Gasteiger partial charge in [0, 0.05) is 20.0 Å². The molecule has 1 amide bonds. The van der Waals surface area contributed by atoms with Crippen molar-refractivity contribution in [3.63, 3.8) is 0 Å². The van der Waals surface area contributed by atoms with Crippen molar-refractivity contribution in [2.24, 2.45) is 0 Å². The molecule has 0 aliphatic carbocycles. The molecule has 0 saturated carbocycles. The molecule has 0 atom stereocenters. The number of benzene rings is 1. The molecule has 0 aliphatic rings. The molecule has 0 radical (unpaired) electrons. The molecule has 1 aromatic rings. The zero-order valence-electron chi connectivity index (χ0n) is 10.1.